The number of carbonyl (C=O) groups excluding carboxylic acids is 1. The van der Waals surface area contributed by atoms with Crippen molar-refractivity contribution in [1.82, 2.24) is 0 Å². The summed E-state index contributed by atoms with van der Waals surface area (Å²) in [5.74, 6) is 0.0791. The molecule has 1 atom stereocenters. The fourth-order valence-electron chi connectivity index (χ4n) is 3.59. The molecular formula is C25H50O2. The van der Waals surface area contributed by atoms with E-state index in [4.69, 9.17) is 4.74 Å². The van der Waals surface area contributed by atoms with Crippen molar-refractivity contribution in [1.29, 1.82) is 0 Å². The number of rotatable bonds is 21. The van der Waals surface area contributed by atoms with E-state index in [9.17, 15) is 4.79 Å². The highest BCUT2D eigenvalue weighted by Gasteiger charge is 2.12. The maximum atomic E-state index is 11.8. The summed E-state index contributed by atoms with van der Waals surface area (Å²) in [5.41, 5.74) is 0. The SMILES string of the molecule is CCCCCCCCCCCCCCCCCCOC(=O)C(C)CCCC. The third-order valence-electron chi connectivity index (χ3n) is 5.64. The minimum Gasteiger partial charge on any atom is -0.465 e. The molecule has 1 unspecified atom stereocenters. The molecule has 0 heterocycles. The standard InChI is InChI=1S/C25H50O2/c1-4-6-8-9-10-11-12-13-14-15-16-17-18-19-20-21-23-27-25(26)24(3)22-7-5-2/h24H,4-23H2,1-3H3. The van der Waals surface area contributed by atoms with Crippen LogP contribution in [0.15, 0.2) is 0 Å². The summed E-state index contributed by atoms with van der Waals surface area (Å²) in [6, 6.07) is 0. The van der Waals surface area contributed by atoms with E-state index in [2.05, 4.69) is 13.8 Å². The van der Waals surface area contributed by atoms with Gasteiger partial charge in [0.2, 0.25) is 0 Å². The number of unbranched alkanes of at least 4 members (excludes halogenated alkanes) is 16. The largest absolute Gasteiger partial charge is 0.465 e. The normalized spacial score (nSPS) is 12.3. The van der Waals surface area contributed by atoms with Crippen molar-refractivity contribution < 1.29 is 9.53 Å². The predicted molar refractivity (Wildman–Crippen MR) is 119 cm³/mol. The molecule has 0 aromatic carbocycles. The number of carbonyl (C=O) groups is 1. The molecule has 162 valence electrons. The van der Waals surface area contributed by atoms with Crippen molar-refractivity contribution in [3.05, 3.63) is 0 Å². The summed E-state index contributed by atoms with van der Waals surface area (Å²) >= 11 is 0. The Balaban J connectivity index is 3.15. The van der Waals surface area contributed by atoms with Gasteiger partial charge in [-0.1, -0.05) is 130 Å². The van der Waals surface area contributed by atoms with Crippen molar-refractivity contribution >= 4 is 5.97 Å². The summed E-state index contributed by atoms with van der Waals surface area (Å²) in [6.07, 6.45) is 25.2. The molecule has 0 aromatic rings. The third kappa shape index (κ3) is 20.0. The molecule has 0 amide bonds. The van der Waals surface area contributed by atoms with Gasteiger partial charge in [0.05, 0.1) is 12.5 Å². The van der Waals surface area contributed by atoms with Gasteiger partial charge in [-0.2, -0.15) is 0 Å². The first-order valence-corrected chi connectivity index (χ1v) is 12.4. The molecule has 0 fully saturated rings. The molecule has 0 bridgehead atoms. The lowest BCUT2D eigenvalue weighted by Crippen LogP contribution is -2.15. The number of hydrogen-bond acceptors (Lipinski definition) is 2. The first-order chi connectivity index (χ1) is 13.2. The smallest absolute Gasteiger partial charge is 0.308 e. The van der Waals surface area contributed by atoms with Gasteiger partial charge in [0, 0.05) is 0 Å². The number of esters is 1. The quantitative estimate of drug-likeness (QED) is 0.147. The van der Waals surface area contributed by atoms with Crippen molar-refractivity contribution in [2.75, 3.05) is 6.61 Å². The van der Waals surface area contributed by atoms with E-state index < -0.39 is 0 Å². The molecule has 0 aliphatic carbocycles. The summed E-state index contributed by atoms with van der Waals surface area (Å²) in [7, 11) is 0. The summed E-state index contributed by atoms with van der Waals surface area (Å²) in [6.45, 7) is 7.06. The summed E-state index contributed by atoms with van der Waals surface area (Å²) < 4.78 is 5.38. The van der Waals surface area contributed by atoms with E-state index in [-0.39, 0.29) is 11.9 Å². The Morgan fingerprint density at radius 3 is 1.37 bits per heavy atom. The Bertz CT molecular complexity index is 301. The van der Waals surface area contributed by atoms with Crippen LogP contribution in [-0.4, -0.2) is 12.6 Å². The van der Waals surface area contributed by atoms with Gasteiger partial charge in [0.1, 0.15) is 0 Å². The average molecular weight is 383 g/mol. The minimum atomic E-state index is 0.00408. The molecule has 0 aliphatic rings. The Labute approximate surface area is 171 Å². The van der Waals surface area contributed by atoms with Crippen LogP contribution in [0.3, 0.4) is 0 Å². The molecule has 2 heteroatoms. The highest BCUT2D eigenvalue weighted by molar-refractivity contribution is 5.71. The van der Waals surface area contributed by atoms with Crippen LogP contribution in [0.4, 0.5) is 0 Å². The molecular weight excluding hydrogens is 332 g/mol. The maximum absolute atomic E-state index is 11.8. The molecule has 0 N–H and O–H groups in total. The second kappa shape index (κ2) is 21.8. The highest BCUT2D eigenvalue weighted by atomic mass is 16.5. The summed E-state index contributed by atoms with van der Waals surface area (Å²) in [5, 5.41) is 0. The molecule has 0 saturated carbocycles. The zero-order valence-corrected chi connectivity index (χ0v) is 19.0. The zero-order valence-electron chi connectivity index (χ0n) is 19.0. The Morgan fingerprint density at radius 1 is 0.593 bits per heavy atom. The predicted octanol–water partition coefficient (Wildman–Crippen LogP) is 8.62. The minimum absolute atomic E-state index is 0.00408. The highest BCUT2D eigenvalue weighted by Crippen LogP contribution is 2.14. The van der Waals surface area contributed by atoms with Gasteiger partial charge < -0.3 is 4.74 Å². The van der Waals surface area contributed by atoms with Gasteiger partial charge in [0.25, 0.3) is 0 Å². The first kappa shape index (κ1) is 26.5. The topological polar surface area (TPSA) is 26.3 Å². The van der Waals surface area contributed by atoms with Crippen LogP contribution in [0.2, 0.25) is 0 Å². The fourth-order valence-corrected chi connectivity index (χ4v) is 3.59. The van der Waals surface area contributed by atoms with Crippen LogP contribution in [0.1, 0.15) is 143 Å². The molecule has 0 spiro atoms. The Kier molecular flexibility index (Phi) is 21.3. The molecule has 0 radical (unpaired) electrons. The van der Waals surface area contributed by atoms with Crippen LogP contribution in [0.25, 0.3) is 0 Å². The van der Waals surface area contributed by atoms with Crippen molar-refractivity contribution in [2.45, 2.75) is 143 Å². The van der Waals surface area contributed by atoms with E-state index in [0.29, 0.717) is 6.61 Å². The molecule has 0 aliphatic heterocycles. The Hall–Kier alpha value is -0.530. The van der Waals surface area contributed by atoms with Gasteiger partial charge >= 0.3 is 5.97 Å². The third-order valence-corrected chi connectivity index (χ3v) is 5.64. The number of ether oxygens (including phenoxy) is 1. The van der Waals surface area contributed by atoms with Crippen LogP contribution in [0, 0.1) is 5.92 Å². The van der Waals surface area contributed by atoms with Crippen molar-refractivity contribution in [3.63, 3.8) is 0 Å². The van der Waals surface area contributed by atoms with E-state index in [1.165, 1.54) is 96.3 Å². The molecule has 2 nitrogen and oxygen atoms in total. The molecule has 0 saturated heterocycles. The van der Waals surface area contributed by atoms with Gasteiger partial charge in [-0.25, -0.2) is 0 Å². The maximum Gasteiger partial charge on any atom is 0.308 e. The fraction of sp³-hybridized carbons (Fsp3) is 0.960. The van der Waals surface area contributed by atoms with Crippen LogP contribution in [0.5, 0.6) is 0 Å². The summed E-state index contributed by atoms with van der Waals surface area (Å²) in [4.78, 5) is 11.8. The monoisotopic (exact) mass is 382 g/mol. The second-order valence-corrected chi connectivity index (χ2v) is 8.51. The lowest BCUT2D eigenvalue weighted by molar-refractivity contribution is -0.148. The molecule has 0 rings (SSSR count). The van der Waals surface area contributed by atoms with E-state index in [0.717, 1.165) is 25.7 Å². The van der Waals surface area contributed by atoms with Crippen LogP contribution < -0.4 is 0 Å². The van der Waals surface area contributed by atoms with E-state index in [1.54, 1.807) is 0 Å². The number of hydrogen-bond donors (Lipinski definition) is 0. The zero-order chi connectivity index (χ0) is 20.0. The average Bonchev–Trinajstić information content (AvgIpc) is 2.68. The van der Waals surface area contributed by atoms with E-state index >= 15 is 0 Å². The van der Waals surface area contributed by atoms with Gasteiger partial charge in [-0.15, -0.1) is 0 Å². The van der Waals surface area contributed by atoms with E-state index in [1.807, 2.05) is 6.92 Å². The molecule has 27 heavy (non-hydrogen) atoms. The Morgan fingerprint density at radius 2 is 0.963 bits per heavy atom. The van der Waals surface area contributed by atoms with Crippen LogP contribution >= 0.6 is 0 Å². The molecule has 0 aromatic heterocycles. The van der Waals surface area contributed by atoms with Gasteiger partial charge in [-0.3, -0.25) is 4.79 Å². The lowest BCUT2D eigenvalue weighted by Gasteiger charge is -2.10. The first-order valence-electron chi connectivity index (χ1n) is 12.4. The second-order valence-electron chi connectivity index (χ2n) is 8.51. The van der Waals surface area contributed by atoms with Gasteiger partial charge in [0.15, 0.2) is 0 Å². The van der Waals surface area contributed by atoms with Crippen molar-refractivity contribution in [2.24, 2.45) is 5.92 Å². The van der Waals surface area contributed by atoms with Gasteiger partial charge in [-0.05, 0) is 12.8 Å². The van der Waals surface area contributed by atoms with Crippen LogP contribution in [-0.2, 0) is 9.53 Å². The lowest BCUT2D eigenvalue weighted by atomic mass is 10.0. The van der Waals surface area contributed by atoms with Crippen molar-refractivity contribution in [3.8, 4) is 0 Å².